The van der Waals surface area contributed by atoms with Crippen LogP contribution in [0.15, 0.2) is 72.6 Å². The Morgan fingerprint density at radius 2 is 1.67 bits per heavy atom. The Bertz CT molecular complexity index is 1170. The van der Waals surface area contributed by atoms with Crippen molar-refractivity contribution in [3.05, 3.63) is 101 Å². The first-order valence-corrected chi connectivity index (χ1v) is 9.42. The molecule has 0 saturated carbocycles. The molecule has 0 radical (unpaired) electrons. The average Bonchev–Trinajstić information content (AvgIpc) is 3.02. The number of ketones is 1. The van der Waals surface area contributed by atoms with E-state index in [9.17, 15) is 19.1 Å². The summed E-state index contributed by atoms with van der Waals surface area (Å²) in [5.41, 5.74) is 2.74. The maximum Gasteiger partial charge on any atom is 0.300 e. The van der Waals surface area contributed by atoms with Crippen LogP contribution in [0, 0.1) is 19.7 Å². The number of halogens is 1. The van der Waals surface area contributed by atoms with E-state index < -0.39 is 23.5 Å². The highest BCUT2D eigenvalue weighted by atomic mass is 19.1. The van der Waals surface area contributed by atoms with Crippen molar-refractivity contribution in [1.82, 2.24) is 4.98 Å². The SMILES string of the molecule is Cc1ccc(N2C(=O)C(=O)/C(=C(\O)c3ccc(F)c(C)c3)C2c2ccncc2)cc1. The summed E-state index contributed by atoms with van der Waals surface area (Å²) in [6, 6.07) is 13.8. The van der Waals surface area contributed by atoms with Crippen LogP contribution in [0.3, 0.4) is 0 Å². The summed E-state index contributed by atoms with van der Waals surface area (Å²) in [5, 5.41) is 11.0. The molecule has 0 spiro atoms. The van der Waals surface area contributed by atoms with Gasteiger partial charge in [-0.05, 0) is 67.4 Å². The number of benzene rings is 2. The summed E-state index contributed by atoms with van der Waals surface area (Å²) in [7, 11) is 0. The van der Waals surface area contributed by atoms with Gasteiger partial charge in [0, 0.05) is 23.6 Å². The molecular weight excluding hydrogens is 383 g/mol. The highest BCUT2D eigenvalue weighted by Gasteiger charge is 2.46. The van der Waals surface area contributed by atoms with Gasteiger partial charge in [0.05, 0.1) is 11.6 Å². The van der Waals surface area contributed by atoms with E-state index in [2.05, 4.69) is 4.98 Å². The lowest BCUT2D eigenvalue weighted by atomic mass is 9.95. The fraction of sp³-hybridized carbons (Fsp3) is 0.125. The maximum atomic E-state index is 13.7. The molecule has 1 unspecified atom stereocenters. The van der Waals surface area contributed by atoms with Crippen LogP contribution < -0.4 is 4.90 Å². The number of aromatic nitrogens is 1. The molecule has 2 aromatic carbocycles. The number of aryl methyl sites for hydroxylation is 2. The summed E-state index contributed by atoms with van der Waals surface area (Å²) in [5.74, 6) is -2.29. The number of pyridine rings is 1. The van der Waals surface area contributed by atoms with Crippen molar-refractivity contribution >= 4 is 23.1 Å². The standard InChI is InChI=1S/C24H19FN2O3/c1-14-3-6-18(7-4-14)27-21(16-9-11-26-12-10-16)20(23(29)24(27)30)22(28)17-5-8-19(25)15(2)13-17/h3-13,21,28H,1-2H3/b22-20-. The summed E-state index contributed by atoms with van der Waals surface area (Å²) in [4.78, 5) is 31.4. The first kappa shape index (κ1) is 19.5. The number of nitrogens with zero attached hydrogens (tertiary/aromatic N) is 2. The second kappa shape index (κ2) is 7.55. The molecule has 1 aliphatic heterocycles. The molecule has 1 amide bonds. The number of carbonyl (C=O) groups is 2. The van der Waals surface area contributed by atoms with Crippen LogP contribution >= 0.6 is 0 Å². The van der Waals surface area contributed by atoms with E-state index in [1.54, 1.807) is 43.6 Å². The third-order valence-electron chi connectivity index (χ3n) is 5.21. The van der Waals surface area contributed by atoms with Gasteiger partial charge in [-0.1, -0.05) is 17.7 Å². The van der Waals surface area contributed by atoms with Crippen LogP contribution in [0.1, 0.15) is 28.3 Å². The molecule has 1 N–H and O–H groups in total. The van der Waals surface area contributed by atoms with Gasteiger partial charge in [-0.25, -0.2) is 4.39 Å². The van der Waals surface area contributed by atoms with Gasteiger partial charge < -0.3 is 5.11 Å². The molecule has 0 aliphatic carbocycles. The monoisotopic (exact) mass is 402 g/mol. The van der Waals surface area contributed by atoms with Crippen LogP contribution in [0.25, 0.3) is 5.76 Å². The largest absolute Gasteiger partial charge is 0.507 e. The van der Waals surface area contributed by atoms with Crippen molar-refractivity contribution in [3.63, 3.8) is 0 Å². The van der Waals surface area contributed by atoms with Crippen molar-refractivity contribution in [2.24, 2.45) is 0 Å². The molecule has 2 heterocycles. The van der Waals surface area contributed by atoms with Gasteiger partial charge in [0.15, 0.2) is 0 Å². The van der Waals surface area contributed by atoms with Gasteiger partial charge >= 0.3 is 0 Å². The molecule has 150 valence electrons. The summed E-state index contributed by atoms with van der Waals surface area (Å²) in [6.45, 7) is 3.49. The topological polar surface area (TPSA) is 70.5 Å². The molecule has 1 aliphatic rings. The van der Waals surface area contributed by atoms with Gasteiger partial charge in [0.2, 0.25) is 0 Å². The minimum absolute atomic E-state index is 0.0437. The molecular formula is C24H19FN2O3. The zero-order chi connectivity index (χ0) is 21.4. The Labute approximate surface area is 173 Å². The van der Waals surface area contributed by atoms with Gasteiger partial charge in [0.25, 0.3) is 11.7 Å². The Morgan fingerprint density at radius 1 is 1.00 bits per heavy atom. The predicted molar refractivity (Wildman–Crippen MR) is 111 cm³/mol. The Balaban J connectivity index is 1.94. The van der Waals surface area contributed by atoms with Crippen LogP contribution in [-0.4, -0.2) is 21.8 Å². The minimum atomic E-state index is -0.832. The van der Waals surface area contributed by atoms with Crippen LogP contribution in [0.5, 0.6) is 0 Å². The fourth-order valence-corrected chi connectivity index (χ4v) is 3.61. The number of anilines is 1. The van der Waals surface area contributed by atoms with E-state index in [4.69, 9.17) is 0 Å². The lowest BCUT2D eigenvalue weighted by Crippen LogP contribution is -2.29. The number of hydrogen-bond donors (Lipinski definition) is 1. The molecule has 5 nitrogen and oxygen atoms in total. The highest BCUT2D eigenvalue weighted by Crippen LogP contribution is 2.42. The lowest BCUT2D eigenvalue weighted by molar-refractivity contribution is -0.132. The number of hydrogen-bond acceptors (Lipinski definition) is 4. The molecule has 1 saturated heterocycles. The van der Waals surface area contributed by atoms with E-state index in [1.807, 2.05) is 19.1 Å². The number of Topliss-reactive ketones (excluding diaryl/α,β-unsaturated/α-hetero) is 1. The highest BCUT2D eigenvalue weighted by molar-refractivity contribution is 6.51. The van der Waals surface area contributed by atoms with E-state index in [0.717, 1.165) is 5.56 Å². The number of aliphatic hydroxyl groups excluding tert-OH is 1. The van der Waals surface area contributed by atoms with E-state index in [1.165, 1.54) is 23.1 Å². The third kappa shape index (κ3) is 3.26. The number of amides is 1. The quantitative estimate of drug-likeness (QED) is 0.399. The molecule has 30 heavy (non-hydrogen) atoms. The van der Waals surface area contributed by atoms with Gasteiger partial charge in [-0.15, -0.1) is 0 Å². The average molecular weight is 402 g/mol. The Hall–Kier alpha value is -3.80. The van der Waals surface area contributed by atoms with Crippen molar-refractivity contribution in [1.29, 1.82) is 0 Å². The zero-order valence-electron chi connectivity index (χ0n) is 16.5. The van der Waals surface area contributed by atoms with Gasteiger partial charge in [-0.3, -0.25) is 19.5 Å². The van der Waals surface area contributed by atoms with Gasteiger partial charge in [0.1, 0.15) is 11.6 Å². The number of aliphatic hydroxyl groups is 1. The summed E-state index contributed by atoms with van der Waals surface area (Å²) >= 11 is 0. The summed E-state index contributed by atoms with van der Waals surface area (Å²) < 4.78 is 13.7. The molecule has 4 rings (SSSR count). The number of rotatable bonds is 3. The van der Waals surface area contributed by atoms with Crippen molar-refractivity contribution in [2.45, 2.75) is 19.9 Å². The molecule has 6 heteroatoms. The molecule has 1 fully saturated rings. The molecule has 1 aromatic heterocycles. The van der Waals surface area contributed by atoms with Crippen molar-refractivity contribution in [3.8, 4) is 0 Å². The van der Waals surface area contributed by atoms with Crippen LogP contribution in [0.2, 0.25) is 0 Å². The predicted octanol–water partition coefficient (Wildman–Crippen LogP) is 4.46. The Kier molecular flexibility index (Phi) is 4.91. The van der Waals surface area contributed by atoms with Crippen LogP contribution in [-0.2, 0) is 9.59 Å². The van der Waals surface area contributed by atoms with Crippen molar-refractivity contribution < 1.29 is 19.1 Å². The smallest absolute Gasteiger partial charge is 0.300 e. The Morgan fingerprint density at radius 3 is 2.30 bits per heavy atom. The first-order valence-electron chi connectivity index (χ1n) is 9.42. The third-order valence-corrected chi connectivity index (χ3v) is 5.21. The van der Waals surface area contributed by atoms with Crippen LogP contribution in [0.4, 0.5) is 10.1 Å². The fourth-order valence-electron chi connectivity index (χ4n) is 3.61. The molecule has 1 atom stereocenters. The molecule has 3 aromatic rings. The second-order valence-corrected chi connectivity index (χ2v) is 7.25. The summed E-state index contributed by atoms with van der Waals surface area (Å²) in [6.07, 6.45) is 3.12. The normalized spacial score (nSPS) is 18.1. The molecule has 0 bridgehead atoms. The van der Waals surface area contributed by atoms with Gasteiger partial charge in [-0.2, -0.15) is 0 Å². The van der Waals surface area contributed by atoms with E-state index in [0.29, 0.717) is 16.8 Å². The lowest BCUT2D eigenvalue weighted by Gasteiger charge is -2.25. The minimum Gasteiger partial charge on any atom is -0.507 e. The maximum absolute atomic E-state index is 13.7. The zero-order valence-corrected chi connectivity index (χ0v) is 16.5. The second-order valence-electron chi connectivity index (χ2n) is 7.25. The van der Waals surface area contributed by atoms with E-state index in [-0.39, 0.29) is 16.9 Å². The number of carbonyl (C=O) groups excluding carboxylic acids is 2. The first-order chi connectivity index (χ1) is 14.4. The van der Waals surface area contributed by atoms with Crippen molar-refractivity contribution in [2.75, 3.05) is 4.90 Å². The van der Waals surface area contributed by atoms with E-state index >= 15 is 0 Å².